The molecule has 8 nitrogen and oxygen atoms in total. The predicted molar refractivity (Wildman–Crippen MR) is 148 cm³/mol. The van der Waals surface area contributed by atoms with Crippen LogP contribution in [0.3, 0.4) is 0 Å². The number of hydrogen-bond acceptors (Lipinski definition) is 8. The van der Waals surface area contributed by atoms with Crippen LogP contribution >= 0.6 is 22.6 Å². The Balaban J connectivity index is 1.73. The molecule has 0 spiro atoms. The van der Waals surface area contributed by atoms with Gasteiger partial charge < -0.3 is 23.6 Å². The molecule has 0 radical (unpaired) electrons. The molecule has 37 heavy (non-hydrogen) atoms. The Morgan fingerprint density at radius 2 is 1.78 bits per heavy atom. The first-order valence-electron chi connectivity index (χ1n) is 12.5. The number of hydrogen-bond donors (Lipinski definition) is 1. The minimum atomic E-state index is -0.811. The van der Waals surface area contributed by atoms with Gasteiger partial charge in [-0.1, -0.05) is 61.4 Å². The molecule has 1 N–H and O–H groups in total. The van der Waals surface area contributed by atoms with Gasteiger partial charge in [-0.15, -0.1) is 0 Å². The second-order valence-electron chi connectivity index (χ2n) is 11.3. The fourth-order valence-electron chi connectivity index (χ4n) is 3.77. The van der Waals surface area contributed by atoms with Crippen molar-refractivity contribution in [3.8, 4) is 11.4 Å². The predicted octanol–water partition coefficient (Wildman–Crippen LogP) is 6.83. The van der Waals surface area contributed by atoms with Crippen LogP contribution in [-0.4, -0.2) is 33.6 Å². The van der Waals surface area contributed by atoms with Crippen LogP contribution in [0.5, 0.6) is 0 Å². The van der Waals surface area contributed by atoms with E-state index in [2.05, 4.69) is 32.9 Å². The Labute approximate surface area is 232 Å². The lowest BCUT2D eigenvalue weighted by molar-refractivity contribution is -0.155. The van der Waals surface area contributed by atoms with E-state index in [1.165, 1.54) is 0 Å². The van der Waals surface area contributed by atoms with Gasteiger partial charge in [0.25, 0.3) is 0 Å². The van der Waals surface area contributed by atoms with Gasteiger partial charge in [-0.3, -0.25) is 4.79 Å². The largest absolute Gasteiger partial charge is 0.460 e. The molecule has 0 fully saturated rings. The molecule has 0 saturated heterocycles. The number of aliphatic hydroxyl groups is 1. The Kier molecular flexibility index (Phi) is 9.93. The van der Waals surface area contributed by atoms with Gasteiger partial charge in [-0.2, -0.15) is 0 Å². The summed E-state index contributed by atoms with van der Waals surface area (Å²) in [6.45, 7) is 12.4. The zero-order chi connectivity index (χ0) is 27.2. The maximum atomic E-state index is 12.7. The number of benzene rings is 1. The Hall–Kier alpha value is -2.24. The molecule has 0 amide bonds. The molecule has 3 aromatic rings. The molecule has 2 atom stereocenters. The molecule has 0 saturated carbocycles. The van der Waals surface area contributed by atoms with Crippen molar-refractivity contribution < 1.29 is 28.4 Å². The third-order valence-electron chi connectivity index (χ3n) is 5.68. The van der Waals surface area contributed by atoms with E-state index in [0.29, 0.717) is 42.5 Å². The van der Waals surface area contributed by atoms with Gasteiger partial charge in [0.2, 0.25) is 0 Å². The summed E-state index contributed by atoms with van der Waals surface area (Å²) in [4.78, 5) is 12.7. The van der Waals surface area contributed by atoms with Gasteiger partial charge in [0.05, 0.1) is 16.6 Å². The van der Waals surface area contributed by atoms with Crippen molar-refractivity contribution in [3.63, 3.8) is 0 Å². The summed E-state index contributed by atoms with van der Waals surface area (Å²) in [5.74, 6) is 0.428. The number of aromatic nitrogens is 2. The summed E-state index contributed by atoms with van der Waals surface area (Å²) in [6.07, 6.45) is 0.741. The van der Waals surface area contributed by atoms with Crippen molar-refractivity contribution >= 4 is 28.6 Å². The van der Waals surface area contributed by atoms with E-state index in [4.69, 9.17) is 18.5 Å². The van der Waals surface area contributed by atoms with Gasteiger partial charge >= 0.3 is 5.97 Å². The molecule has 202 valence electrons. The van der Waals surface area contributed by atoms with Crippen LogP contribution in [0.2, 0.25) is 0 Å². The topological polar surface area (TPSA) is 108 Å². The summed E-state index contributed by atoms with van der Waals surface area (Å²) in [7, 11) is 0. The Morgan fingerprint density at radius 1 is 1.08 bits per heavy atom. The van der Waals surface area contributed by atoms with Crippen LogP contribution in [0.4, 0.5) is 0 Å². The average molecular weight is 625 g/mol. The average Bonchev–Trinajstić information content (AvgIpc) is 3.43. The highest BCUT2D eigenvalue weighted by Gasteiger charge is 2.31. The second kappa shape index (κ2) is 12.5. The van der Waals surface area contributed by atoms with E-state index < -0.39 is 17.1 Å². The monoisotopic (exact) mass is 624 g/mol. The molecule has 0 aliphatic heterocycles. The zero-order valence-corrected chi connectivity index (χ0v) is 24.6. The third-order valence-corrected chi connectivity index (χ3v) is 6.72. The molecule has 1 unspecified atom stereocenters. The number of halogens is 1. The number of carbonyl (C=O) groups excluding carboxylic acids is 1. The number of nitrogens with zero attached hydrogens (tertiary/aromatic N) is 2. The third kappa shape index (κ3) is 8.65. The standard InChI is InChI=1S/C28H37IN2O6/c1-27(2,3)26(33)21-16-20(30-36-21)24-23(29)25(37-31-24)19(15-22(32)35-28(4,5)6)13-10-14-34-17-18-11-8-7-9-12-18/h7-9,11-12,16,19,26,33H,10,13-15,17H2,1-6H3/t19-,26?/m0/s1. The number of ether oxygens (including phenoxy) is 2. The summed E-state index contributed by atoms with van der Waals surface area (Å²) >= 11 is 2.16. The van der Waals surface area contributed by atoms with Gasteiger partial charge in [-0.05, 0) is 67.2 Å². The zero-order valence-electron chi connectivity index (χ0n) is 22.4. The van der Waals surface area contributed by atoms with Crippen LogP contribution in [-0.2, 0) is 20.9 Å². The highest BCUT2D eigenvalue weighted by atomic mass is 127. The Bertz CT molecular complexity index is 1140. The van der Waals surface area contributed by atoms with Crippen molar-refractivity contribution in [2.75, 3.05) is 6.61 Å². The highest BCUT2D eigenvalue weighted by Crippen LogP contribution is 2.38. The summed E-state index contributed by atoms with van der Waals surface area (Å²) in [5.41, 5.74) is 1.12. The maximum absolute atomic E-state index is 12.7. The molecule has 2 heterocycles. The Morgan fingerprint density at radius 3 is 2.43 bits per heavy atom. The van der Waals surface area contributed by atoms with Crippen LogP contribution in [0, 0.1) is 8.99 Å². The smallest absolute Gasteiger partial charge is 0.307 e. The lowest BCUT2D eigenvalue weighted by Crippen LogP contribution is -2.25. The van der Waals surface area contributed by atoms with E-state index in [9.17, 15) is 9.90 Å². The van der Waals surface area contributed by atoms with Gasteiger partial charge in [0.1, 0.15) is 23.1 Å². The first-order valence-corrected chi connectivity index (χ1v) is 13.6. The van der Waals surface area contributed by atoms with E-state index in [1.54, 1.807) is 6.07 Å². The number of carbonyl (C=O) groups is 1. The van der Waals surface area contributed by atoms with Crippen molar-refractivity contribution in [2.45, 2.75) is 85.0 Å². The molecule has 3 rings (SSSR count). The maximum Gasteiger partial charge on any atom is 0.307 e. The first kappa shape index (κ1) is 29.3. The number of aliphatic hydroxyl groups excluding tert-OH is 1. The van der Waals surface area contributed by atoms with Gasteiger partial charge in [0.15, 0.2) is 11.5 Å². The van der Waals surface area contributed by atoms with Crippen LogP contribution in [0.25, 0.3) is 11.4 Å². The second-order valence-corrected chi connectivity index (χ2v) is 12.3. The molecule has 0 bridgehead atoms. The van der Waals surface area contributed by atoms with Crippen molar-refractivity contribution in [1.82, 2.24) is 10.3 Å². The fourth-order valence-corrected chi connectivity index (χ4v) is 4.68. The van der Waals surface area contributed by atoms with Crippen molar-refractivity contribution in [3.05, 3.63) is 57.1 Å². The van der Waals surface area contributed by atoms with Crippen molar-refractivity contribution in [1.29, 1.82) is 0 Å². The number of rotatable bonds is 11. The molecule has 0 aliphatic carbocycles. The quantitative estimate of drug-likeness (QED) is 0.141. The molecular weight excluding hydrogens is 587 g/mol. The van der Waals surface area contributed by atoms with E-state index in [-0.39, 0.29) is 18.3 Å². The molecule has 2 aromatic heterocycles. The first-order chi connectivity index (χ1) is 17.3. The molecule has 1 aromatic carbocycles. The lowest BCUT2D eigenvalue weighted by atomic mass is 9.87. The van der Waals surface area contributed by atoms with E-state index in [0.717, 1.165) is 15.6 Å². The van der Waals surface area contributed by atoms with Crippen LogP contribution in [0.1, 0.15) is 89.9 Å². The summed E-state index contributed by atoms with van der Waals surface area (Å²) < 4.78 is 23.3. The number of esters is 1. The van der Waals surface area contributed by atoms with Crippen molar-refractivity contribution in [2.24, 2.45) is 5.41 Å². The SMILES string of the molecule is CC(C)(C)OC(=O)C[C@H](CCCOCc1ccccc1)c1onc(-c2cc(C(O)C(C)(C)C)on2)c1I. The normalized spacial score (nSPS) is 13.9. The fraction of sp³-hybridized carbons (Fsp3) is 0.536. The van der Waals surface area contributed by atoms with Gasteiger partial charge in [-0.25, -0.2) is 0 Å². The van der Waals surface area contributed by atoms with Crippen LogP contribution < -0.4 is 0 Å². The van der Waals surface area contributed by atoms with E-state index >= 15 is 0 Å². The minimum absolute atomic E-state index is 0.160. The summed E-state index contributed by atoms with van der Waals surface area (Å²) in [6, 6.07) is 11.7. The molecule has 9 heteroatoms. The van der Waals surface area contributed by atoms with Gasteiger partial charge in [0, 0.05) is 18.6 Å². The lowest BCUT2D eigenvalue weighted by Gasteiger charge is -2.22. The highest BCUT2D eigenvalue weighted by molar-refractivity contribution is 14.1. The van der Waals surface area contributed by atoms with Crippen LogP contribution in [0.15, 0.2) is 45.4 Å². The molecular formula is C28H37IN2O6. The van der Waals surface area contributed by atoms with E-state index in [1.807, 2.05) is 71.9 Å². The molecule has 0 aliphatic rings. The summed E-state index contributed by atoms with van der Waals surface area (Å²) in [5, 5.41) is 18.9. The minimum Gasteiger partial charge on any atom is -0.460 e.